The topological polar surface area (TPSA) is 52.1 Å². The summed E-state index contributed by atoms with van der Waals surface area (Å²) in [6.45, 7) is 4.77. The third-order valence-corrected chi connectivity index (χ3v) is 5.73. The van der Waals surface area contributed by atoms with E-state index in [0.717, 1.165) is 44.4 Å². The molecule has 1 saturated heterocycles. The summed E-state index contributed by atoms with van der Waals surface area (Å²) < 4.78 is 5.45. The Hall–Kier alpha value is -1.84. The quantitative estimate of drug-likeness (QED) is 0.282. The molecule has 1 heterocycles. The molecule has 2 aromatic carbocycles. The molecule has 2 aromatic rings. The minimum atomic E-state index is 0. The van der Waals surface area contributed by atoms with Gasteiger partial charge in [0.1, 0.15) is 5.75 Å². The van der Waals surface area contributed by atoms with E-state index >= 15 is 0 Å². The van der Waals surface area contributed by atoms with E-state index in [2.05, 4.69) is 82.0 Å². The van der Waals surface area contributed by atoms with Crippen LogP contribution in [-0.2, 0) is 13.1 Å². The molecular weight excluding hydrogens is 513 g/mol. The zero-order chi connectivity index (χ0) is 22.1. The molecule has 0 aliphatic carbocycles. The molecule has 0 saturated carbocycles. The van der Waals surface area contributed by atoms with Gasteiger partial charge < -0.3 is 20.3 Å². The molecule has 6 nitrogen and oxygen atoms in total. The van der Waals surface area contributed by atoms with E-state index in [1.165, 1.54) is 29.5 Å². The van der Waals surface area contributed by atoms with Gasteiger partial charge in [-0.25, -0.2) is 0 Å². The maximum Gasteiger partial charge on any atom is 0.191 e. The number of likely N-dealkylation sites (tertiary alicyclic amines) is 1. The normalized spacial score (nSPS) is 15.3. The van der Waals surface area contributed by atoms with Crippen LogP contribution in [0.5, 0.6) is 5.75 Å². The first-order chi connectivity index (χ1) is 15.1. The maximum absolute atomic E-state index is 5.45. The zero-order valence-electron chi connectivity index (χ0n) is 19.8. The van der Waals surface area contributed by atoms with Crippen LogP contribution in [0.4, 0.5) is 0 Å². The predicted molar refractivity (Wildman–Crippen MR) is 144 cm³/mol. The van der Waals surface area contributed by atoms with Crippen LogP contribution in [0, 0.1) is 0 Å². The molecule has 1 unspecified atom stereocenters. The van der Waals surface area contributed by atoms with Crippen molar-refractivity contribution in [1.29, 1.82) is 0 Å². The van der Waals surface area contributed by atoms with Gasteiger partial charge in [0.2, 0.25) is 0 Å². The molecule has 1 aliphatic heterocycles. The van der Waals surface area contributed by atoms with Crippen LogP contribution in [0.3, 0.4) is 0 Å². The van der Waals surface area contributed by atoms with Crippen molar-refractivity contribution >= 4 is 29.9 Å². The number of methoxy groups -OCH3 is 1. The average molecular weight is 552 g/mol. The number of ether oxygens (including phenoxy) is 1. The molecule has 0 radical (unpaired) electrons. The molecule has 0 aromatic heterocycles. The van der Waals surface area contributed by atoms with Crippen molar-refractivity contribution < 1.29 is 4.74 Å². The summed E-state index contributed by atoms with van der Waals surface area (Å²) in [5.74, 6) is 1.73. The molecule has 1 aliphatic rings. The highest BCUT2D eigenvalue weighted by atomic mass is 127. The second-order valence-electron chi connectivity index (χ2n) is 8.40. The molecule has 1 atom stereocenters. The number of nitrogens with zero attached hydrogens (tertiary/aromatic N) is 3. The number of hydrogen-bond acceptors (Lipinski definition) is 4. The summed E-state index contributed by atoms with van der Waals surface area (Å²) in [5.41, 5.74) is 3.85. The van der Waals surface area contributed by atoms with Gasteiger partial charge in [-0.15, -0.1) is 24.0 Å². The van der Waals surface area contributed by atoms with E-state index in [0.29, 0.717) is 6.04 Å². The first-order valence-electron chi connectivity index (χ1n) is 11.1. The lowest BCUT2D eigenvalue weighted by Crippen LogP contribution is -2.42. The number of nitrogens with one attached hydrogen (secondary N) is 2. The Morgan fingerprint density at radius 1 is 1.06 bits per heavy atom. The van der Waals surface area contributed by atoms with Gasteiger partial charge in [-0.1, -0.05) is 36.4 Å². The minimum absolute atomic E-state index is 0. The monoisotopic (exact) mass is 551 g/mol. The summed E-state index contributed by atoms with van der Waals surface area (Å²) in [6.07, 6.45) is 2.52. The van der Waals surface area contributed by atoms with Gasteiger partial charge in [0.25, 0.3) is 0 Å². The van der Waals surface area contributed by atoms with E-state index in [1.807, 2.05) is 13.1 Å². The lowest BCUT2D eigenvalue weighted by atomic mass is 10.1. The minimum Gasteiger partial charge on any atom is -0.497 e. The smallest absolute Gasteiger partial charge is 0.191 e. The maximum atomic E-state index is 5.45. The third-order valence-electron chi connectivity index (χ3n) is 5.73. The molecule has 7 heteroatoms. The Balaban J connectivity index is 0.00000363. The second kappa shape index (κ2) is 13.6. The summed E-state index contributed by atoms with van der Waals surface area (Å²) in [5, 5.41) is 6.99. The van der Waals surface area contributed by atoms with Gasteiger partial charge in [-0.3, -0.25) is 9.89 Å². The molecule has 32 heavy (non-hydrogen) atoms. The van der Waals surface area contributed by atoms with E-state index in [-0.39, 0.29) is 24.0 Å². The number of benzene rings is 2. The molecule has 0 amide bonds. The van der Waals surface area contributed by atoms with E-state index < -0.39 is 0 Å². The molecule has 0 bridgehead atoms. The van der Waals surface area contributed by atoms with Crippen molar-refractivity contribution in [2.24, 2.45) is 4.99 Å². The molecule has 1 fully saturated rings. The Bertz CT molecular complexity index is 834. The number of guanidine groups is 1. The Morgan fingerprint density at radius 2 is 1.75 bits per heavy atom. The number of hydrogen-bond donors (Lipinski definition) is 2. The Labute approximate surface area is 210 Å². The highest BCUT2D eigenvalue weighted by molar-refractivity contribution is 14.0. The lowest BCUT2D eigenvalue weighted by molar-refractivity contribution is 0.245. The molecule has 3 rings (SSSR count). The second-order valence-corrected chi connectivity index (χ2v) is 8.40. The number of aliphatic imine (C=N–C) groups is 1. The van der Waals surface area contributed by atoms with Crippen LogP contribution in [-0.4, -0.2) is 63.6 Å². The SMILES string of the molecule is CN=C(NCc1ccc(CN(C)C)cc1)NCC(c1cccc(OC)c1)N1CCCC1.I. The van der Waals surface area contributed by atoms with Crippen molar-refractivity contribution in [2.75, 3.05) is 47.9 Å². The van der Waals surface area contributed by atoms with E-state index in [1.54, 1.807) is 7.11 Å². The Kier molecular flexibility index (Phi) is 11.3. The fraction of sp³-hybridized carbons (Fsp3) is 0.480. The predicted octanol–water partition coefficient (Wildman–Crippen LogP) is 3.88. The number of halogens is 1. The van der Waals surface area contributed by atoms with Crippen LogP contribution in [0.15, 0.2) is 53.5 Å². The van der Waals surface area contributed by atoms with Crippen molar-refractivity contribution in [2.45, 2.75) is 32.0 Å². The summed E-state index contributed by atoms with van der Waals surface area (Å²) in [7, 11) is 7.73. The van der Waals surface area contributed by atoms with Crippen LogP contribution >= 0.6 is 24.0 Å². The molecule has 0 spiro atoms. The summed E-state index contributed by atoms with van der Waals surface area (Å²) in [4.78, 5) is 9.16. The first kappa shape index (κ1) is 26.4. The fourth-order valence-electron chi connectivity index (χ4n) is 4.09. The van der Waals surface area contributed by atoms with Crippen LogP contribution in [0.2, 0.25) is 0 Å². The first-order valence-corrected chi connectivity index (χ1v) is 11.1. The largest absolute Gasteiger partial charge is 0.497 e. The zero-order valence-corrected chi connectivity index (χ0v) is 22.1. The van der Waals surface area contributed by atoms with Crippen molar-refractivity contribution in [3.63, 3.8) is 0 Å². The fourth-order valence-corrected chi connectivity index (χ4v) is 4.09. The van der Waals surface area contributed by atoms with Gasteiger partial charge >= 0.3 is 0 Å². The highest BCUT2D eigenvalue weighted by Gasteiger charge is 2.24. The highest BCUT2D eigenvalue weighted by Crippen LogP contribution is 2.27. The van der Waals surface area contributed by atoms with Gasteiger partial charge in [0.05, 0.1) is 13.2 Å². The number of rotatable bonds is 9. The molecule has 2 N–H and O–H groups in total. The lowest BCUT2D eigenvalue weighted by Gasteiger charge is -2.29. The van der Waals surface area contributed by atoms with Gasteiger partial charge in [-0.2, -0.15) is 0 Å². The van der Waals surface area contributed by atoms with E-state index in [4.69, 9.17) is 4.74 Å². The Morgan fingerprint density at radius 3 is 2.38 bits per heavy atom. The van der Waals surface area contributed by atoms with Crippen LogP contribution in [0.1, 0.15) is 35.6 Å². The van der Waals surface area contributed by atoms with E-state index in [9.17, 15) is 0 Å². The van der Waals surface area contributed by atoms with Crippen LogP contribution in [0.25, 0.3) is 0 Å². The van der Waals surface area contributed by atoms with Crippen molar-refractivity contribution in [1.82, 2.24) is 20.4 Å². The van der Waals surface area contributed by atoms with Crippen molar-refractivity contribution in [3.05, 3.63) is 65.2 Å². The molecule has 176 valence electrons. The standard InChI is InChI=1S/C25H37N5O.HI/c1-26-25(27-17-20-10-12-21(13-11-20)19-29(2)3)28-18-24(30-14-5-6-15-30)22-8-7-9-23(16-22)31-4;/h7-13,16,24H,5-6,14-15,17-19H2,1-4H3,(H2,26,27,28);1H. The average Bonchev–Trinajstić information content (AvgIpc) is 3.31. The van der Waals surface area contributed by atoms with Crippen molar-refractivity contribution in [3.8, 4) is 5.75 Å². The van der Waals surface area contributed by atoms with Crippen LogP contribution < -0.4 is 15.4 Å². The summed E-state index contributed by atoms with van der Waals surface area (Å²) >= 11 is 0. The van der Waals surface area contributed by atoms with Gasteiger partial charge in [-0.05, 0) is 68.8 Å². The van der Waals surface area contributed by atoms with Gasteiger partial charge in [0, 0.05) is 26.7 Å². The van der Waals surface area contributed by atoms with Gasteiger partial charge in [0.15, 0.2) is 5.96 Å². The summed E-state index contributed by atoms with van der Waals surface area (Å²) in [6, 6.07) is 17.5. The molecular formula is C25H38IN5O. The third kappa shape index (κ3) is 7.94.